The number of hydrogen-bond donors (Lipinski definition) is 2. The van der Waals surface area contributed by atoms with Gasteiger partial charge in [-0.05, 0) is 27.2 Å². The first-order chi connectivity index (χ1) is 7.80. The van der Waals surface area contributed by atoms with Gasteiger partial charge in [0, 0.05) is 19.7 Å². The molecule has 0 aliphatic rings. The van der Waals surface area contributed by atoms with Crippen LogP contribution in [0, 0.1) is 0 Å². The van der Waals surface area contributed by atoms with Crippen LogP contribution in [-0.4, -0.2) is 54.1 Å². The van der Waals surface area contributed by atoms with Crippen molar-refractivity contribution in [1.82, 2.24) is 4.90 Å². The van der Waals surface area contributed by atoms with Crippen molar-refractivity contribution in [2.75, 3.05) is 26.4 Å². The Bertz CT molecular complexity index is 231. The minimum Gasteiger partial charge on any atom is -0.444 e. The maximum atomic E-state index is 12.3. The SMILES string of the molecule is CC(C)(C)OC(=O)N(CCCO)C[C@H](N)CF. The summed E-state index contributed by atoms with van der Waals surface area (Å²) in [5, 5.41) is 8.74. The van der Waals surface area contributed by atoms with E-state index in [9.17, 15) is 9.18 Å². The van der Waals surface area contributed by atoms with Gasteiger partial charge in [-0.3, -0.25) is 0 Å². The summed E-state index contributed by atoms with van der Waals surface area (Å²) >= 11 is 0. The fourth-order valence-electron chi connectivity index (χ4n) is 1.18. The van der Waals surface area contributed by atoms with Crippen LogP contribution in [0.5, 0.6) is 0 Å². The Morgan fingerprint density at radius 2 is 2.12 bits per heavy atom. The van der Waals surface area contributed by atoms with Crippen molar-refractivity contribution in [2.24, 2.45) is 5.73 Å². The standard InChI is InChI=1S/C11H23FN2O3/c1-11(2,3)17-10(16)14(5-4-6-15)8-9(13)7-12/h9,15H,4-8,13H2,1-3H3/t9-/m1/s1. The topological polar surface area (TPSA) is 75.8 Å². The highest BCUT2D eigenvalue weighted by atomic mass is 19.1. The van der Waals surface area contributed by atoms with Crippen molar-refractivity contribution in [3.05, 3.63) is 0 Å². The fraction of sp³-hybridized carbons (Fsp3) is 0.909. The highest BCUT2D eigenvalue weighted by molar-refractivity contribution is 5.68. The van der Waals surface area contributed by atoms with E-state index in [2.05, 4.69) is 0 Å². The highest BCUT2D eigenvalue weighted by Crippen LogP contribution is 2.10. The van der Waals surface area contributed by atoms with E-state index in [-0.39, 0.29) is 13.2 Å². The molecule has 0 aromatic heterocycles. The molecule has 0 unspecified atom stereocenters. The molecule has 1 atom stereocenters. The van der Waals surface area contributed by atoms with E-state index in [1.54, 1.807) is 20.8 Å². The number of aliphatic hydroxyl groups excluding tert-OH is 1. The third kappa shape index (κ3) is 7.93. The molecule has 102 valence electrons. The summed E-state index contributed by atoms with van der Waals surface area (Å²) in [5.41, 5.74) is 4.86. The van der Waals surface area contributed by atoms with Gasteiger partial charge in [0.25, 0.3) is 0 Å². The number of rotatable bonds is 6. The van der Waals surface area contributed by atoms with Gasteiger partial charge in [0.2, 0.25) is 0 Å². The van der Waals surface area contributed by atoms with Crippen molar-refractivity contribution in [1.29, 1.82) is 0 Å². The lowest BCUT2D eigenvalue weighted by Crippen LogP contribution is -2.45. The Kier molecular flexibility index (Phi) is 7.06. The Hall–Kier alpha value is -0.880. The van der Waals surface area contributed by atoms with E-state index in [0.717, 1.165) is 0 Å². The maximum absolute atomic E-state index is 12.3. The van der Waals surface area contributed by atoms with Crippen molar-refractivity contribution in [3.8, 4) is 0 Å². The van der Waals surface area contributed by atoms with Crippen molar-refractivity contribution < 1.29 is 19.0 Å². The van der Waals surface area contributed by atoms with Crippen LogP contribution in [0.15, 0.2) is 0 Å². The van der Waals surface area contributed by atoms with Crippen LogP contribution < -0.4 is 5.73 Å². The summed E-state index contributed by atoms with van der Waals surface area (Å²) in [7, 11) is 0. The Labute approximate surface area is 102 Å². The number of halogens is 1. The molecule has 3 N–H and O–H groups in total. The zero-order chi connectivity index (χ0) is 13.5. The molecule has 0 saturated carbocycles. The van der Waals surface area contributed by atoms with Gasteiger partial charge in [-0.15, -0.1) is 0 Å². The van der Waals surface area contributed by atoms with E-state index in [4.69, 9.17) is 15.6 Å². The first kappa shape index (κ1) is 16.1. The monoisotopic (exact) mass is 250 g/mol. The van der Waals surface area contributed by atoms with E-state index in [0.29, 0.717) is 13.0 Å². The molecule has 5 nitrogen and oxygen atoms in total. The first-order valence-electron chi connectivity index (χ1n) is 5.70. The Morgan fingerprint density at radius 3 is 2.53 bits per heavy atom. The molecule has 0 aromatic carbocycles. The molecule has 0 heterocycles. The number of amides is 1. The van der Waals surface area contributed by atoms with Gasteiger partial charge in [-0.25, -0.2) is 9.18 Å². The number of nitrogens with two attached hydrogens (primary N) is 1. The molecule has 0 radical (unpaired) electrons. The van der Waals surface area contributed by atoms with Gasteiger partial charge in [-0.1, -0.05) is 0 Å². The quantitative estimate of drug-likeness (QED) is 0.734. The summed E-state index contributed by atoms with van der Waals surface area (Å²) in [6, 6.07) is -0.721. The number of carbonyl (C=O) groups is 1. The van der Waals surface area contributed by atoms with Gasteiger partial charge in [0.05, 0.1) is 6.04 Å². The van der Waals surface area contributed by atoms with Crippen molar-refractivity contribution in [2.45, 2.75) is 38.8 Å². The van der Waals surface area contributed by atoms with Crippen molar-refractivity contribution in [3.63, 3.8) is 0 Å². The number of hydrogen-bond acceptors (Lipinski definition) is 4. The average Bonchev–Trinajstić information content (AvgIpc) is 2.21. The Balaban J connectivity index is 4.39. The minimum absolute atomic E-state index is 0.0375. The van der Waals surface area contributed by atoms with Crippen LogP contribution in [0.4, 0.5) is 9.18 Å². The first-order valence-corrected chi connectivity index (χ1v) is 5.70. The molecule has 1 amide bonds. The minimum atomic E-state index is -0.721. The summed E-state index contributed by atoms with van der Waals surface area (Å²) in [4.78, 5) is 13.1. The number of alkyl halides is 1. The lowest BCUT2D eigenvalue weighted by Gasteiger charge is -2.28. The average molecular weight is 250 g/mol. The van der Waals surface area contributed by atoms with Crippen LogP contribution in [0.25, 0.3) is 0 Å². The van der Waals surface area contributed by atoms with Gasteiger partial charge in [0.15, 0.2) is 0 Å². The zero-order valence-corrected chi connectivity index (χ0v) is 10.8. The van der Waals surface area contributed by atoms with Crippen LogP contribution in [0.3, 0.4) is 0 Å². The normalized spacial score (nSPS) is 13.3. The number of carbonyl (C=O) groups excluding carboxylic acids is 1. The van der Waals surface area contributed by atoms with Gasteiger partial charge < -0.3 is 20.5 Å². The summed E-state index contributed by atoms with van der Waals surface area (Å²) < 4.78 is 17.5. The van der Waals surface area contributed by atoms with Gasteiger partial charge in [0.1, 0.15) is 12.3 Å². The lowest BCUT2D eigenvalue weighted by atomic mass is 10.2. The van der Waals surface area contributed by atoms with Crippen LogP contribution >= 0.6 is 0 Å². The van der Waals surface area contributed by atoms with E-state index in [1.165, 1.54) is 4.90 Å². The zero-order valence-electron chi connectivity index (χ0n) is 10.8. The molecule has 0 aromatic rings. The predicted octanol–water partition coefficient (Wildman–Crippen LogP) is 0.903. The number of nitrogens with zero attached hydrogens (tertiary/aromatic N) is 1. The molecular weight excluding hydrogens is 227 g/mol. The molecule has 0 saturated heterocycles. The third-order valence-corrected chi connectivity index (χ3v) is 1.89. The molecule has 0 rings (SSSR count). The molecule has 0 aliphatic carbocycles. The van der Waals surface area contributed by atoms with E-state index in [1.807, 2.05) is 0 Å². The molecule has 0 aliphatic heterocycles. The van der Waals surface area contributed by atoms with E-state index < -0.39 is 24.4 Å². The van der Waals surface area contributed by atoms with Gasteiger partial charge >= 0.3 is 6.09 Å². The second-order valence-electron chi connectivity index (χ2n) is 4.92. The molecular formula is C11H23FN2O3. The summed E-state index contributed by atoms with van der Waals surface area (Å²) in [5.74, 6) is 0. The molecule has 0 bridgehead atoms. The molecule has 0 fully saturated rings. The number of ether oxygens (including phenoxy) is 1. The lowest BCUT2D eigenvalue weighted by molar-refractivity contribution is 0.0225. The van der Waals surface area contributed by atoms with Gasteiger partial charge in [-0.2, -0.15) is 0 Å². The molecule has 0 spiro atoms. The highest BCUT2D eigenvalue weighted by Gasteiger charge is 2.23. The van der Waals surface area contributed by atoms with Crippen molar-refractivity contribution >= 4 is 6.09 Å². The second kappa shape index (κ2) is 7.45. The molecule has 17 heavy (non-hydrogen) atoms. The summed E-state index contributed by atoms with van der Waals surface area (Å²) in [6.07, 6.45) is -0.118. The summed E-state index contributed by atoms with van der Waals surface area (Å²) in [6.45, 7) is 4.92. The molecule has 6 heteroatoms. The maximum Gasteiger partial charge on any atom is 0.410 e. The fourth-order valence-corrected chi connectivity index (χ4v) is 1.18. The number of aliphatic hydroxyl groups is 1. The van der Waals surface area contributed by atoms with E-state index >= 15 is 0 Å². The largest absolute Gasteiger partial charge is 0.444 e. The van der Waals surface area contributed by atoms with Crippen LogP contribution in [-0.2, 0) is 4.74 Å². The van der Waals surface area contributed by atoms with Crippen LogP contribution in [0.1, 0.15) is 27.2 Å². The Morgan fingerprint density at radius 1 is 1.53 bits per heavy atom. The third-order valence-electron chi connectivity index (χ3n) is 1.89. The van der Waals surface area contributed by atoms with Crippen LogP contribution in [0.2, 0.25) is 0 Å². The second-order valence-corrected chi connectivity index (χ2v) is 4.92. The smallest absolute Gasteiger partial charge is 0.410 e. The predicted molar refractivity (Wildman–Crippen MR) is 63.5 cm³/mol.